The van der Waals surface area contributed by atoms with Crippen LogP contribution >= 0.6 is 0 Å². The van der Waals surface area contributed by atoms with Crippen molar-refractivity contribution in [3.8, 4) is 11.5 Å². The number of carbonyl (C=O) groups excluding carboxylic acids is 1. The number of ether oxygens (including phenoxy) is 2. The SMILES string of the molecule is C/C=C(\C)c1ccc(C(=O)c2cc(C)c(OC)c(OC)c2)c(N=CN)c1. The molecule has 2 rings (SSSR count). The fraction of sp³-hybridized carbons (Fsp3) is 0.238. The maximum Gasteiger partial charge on any atom is 0.195 e. The van der Waals surface area contributed by atoms with E-state index in [9.17, 15) is 4.79 Å². The van der Waals surface area contributed by atoms with E-state index < -0.39 is 0 Å². The van der Waals surface area contributed by atoms with E-state index in [0.717, 1.165) is 16.7 Å². The summed E-state index contributed by atoms with van der Waals surface area (Å²) in [5.74, 6) is 0.976. The van der Waals surface area contributed by atoms with Gasteiger partial charge in [0.15, 0.2) is 17.3 Å². The molecule has 2 aromatic carbocycles. The topological polar surface area (TPSA) is 73.9 Å². The quantitative estimate of drug-likeness (QED) is 0.478. The molecule has 0 radical (unpaired) electrons. The predicted molar refractivity (Wildman–Crippen MR) is 106 cm³/mol. The van der Waals surface area contributed by atoms with Gasteiger partial charge < -0.3 is 15.2 Å². The molecule has 2 N–H and O–H groups in total. The molecule has 0 saturated carbocycles. The first-order valence-electron chi connectivity index (χ1n) is 8.25. The molecule has 5 nitrogen and oxygen atoms in total. The van der Waals surface area contributed by atoms with E-state index in [-0.39, 0.29) is 5.78 Å². The number of aliphatic imine (C=N–C) groups is 1. The van der Waals surface area contributed by atoms with Crippen LogP contribution in [0.2, 0.25) is 0 Å². The average molecular weight is 352 g/mol. The summed E-state index contributed by atoms with van der Waals surface area (Å²) in [7, 11) is 3.12. The molecule has 0 aromatic heterocycles. The van der Waals surface area contributed by atoms with E-state index in [0.29, 0.717) is 28.3 Å². The van der Waals surface area contributed by atoms with Crippen molar-refractivity contribution in [3.05, 3.63) is 58.7 Å². The van der Waals surface area contributed by atoms with E-state index in [4.69, 9.17) is 15.2 Å². The van der Waals surface area contributed by atoms with Crippen molar-refractivity contribution in [3.63, 3.8) is 0 Å². The van der Waals surface area contributed by atoms with Gasteiger partial charge in [0.1, 0.15) is 0 Å². The Labute approximate surface area is 154 Å². The Kier molecular flexibility index (Phi) is 6.17. The number of hydrogen-bond acceptors (Lipinski definition) is 4. The van der Waals surface area contributed by atoms with Gasteiger partial charge in [-0.15, -0.1) is 0 Å². The third-order valence-electron chi connectivity index (χ3n) is 4.27. The van der Waals surface area contributed by atoms with Gasteiger partial charge >= 0.3 is 0 Å². The maximum absolute atomic E-state index is 13.1. The molecule has 0 unspecified atom stereocenters. The summed E-state index contributed by atoms with van der Waals surface area (Å²) in [4.78, 5) is 17.3. The van der Waals surface area contributed by atoms with Crippen molar-refractivity contribution in [2.24, 2.45) is 10.7 Å². The van der Waals surface area contributed by atoms with Gasteiger partial charge in [0.2, 0.25) is 0 Å². The summed E-state index contributed by atoms with van der Waals surface area (Å²) in [5, 5.41) is 0. The lowest BCUT2D eigenvalue weighted by Crippen LogP contribution is -2.05. The normalized spacial score (nSPS) is 11.7. The first-order valence-corrected chi connectivity index (χ1v) is 8.25. The summed E-state index contributed by atoms with van der Waals surface area (Å²) in [6, 6.07) is 9.00. The van der Waals surface area contributed by atoms with Crippen LogP contribution in [0.25, 0.3) is 5.57 Å². The molecule has 26 heavy (non-hydrogen) atoms. The highest BCUT2D eigenvalue weighted by Crippen LogP contribution is 2.34. The average Bonchev–Trinajstić information content (AvgIpc) is 2.66. The van der Waals surface area contributed by atoms with Gasteiger partial charge in [0.05, 0.1) is 26.2 Å². The summed E-state index contributed by atoms with van der Waals surface area (Å²) in [6.07, 6.45) is 3.20. The third kappa shape index (κ3) is 3.77. The second-order valence-corrected chi connectivity index (χ2v) is 5.84. The molecule has 2 aromatic rings. The van der Waals surface area contributed by atoms with Crippen LogP contribution in [0.5, 0.6) is 11.5 Å². The smallest absolute Gasteiger partial charge is 0.195 e. The molecular formula is C21H24N2O3. The first kappa shape index (κ1) is 19.2. The lowest BCUT2D eigenvalue weighted by Gasteiger charge is -2.13. The number of nitrogens with zero attached hydrogens (tertiary/aromatic N) is 1. The number of nitrogens with two attached hydrogens (primary N) is 1. The Bertz CT molecular complexity index is 883. The molecule has 0 bridgehead atoms. The van der Waals surface area contributed by atoms with Crippen LogP contribution in [-0.4, -0.2) is 26.3 Å². The van der Waals surface area contributed by atoms with Gasteiger partial charge in [-0.25, -0.2) is 4.99 Å². The molecule has 0 amide bonds. The van der Waals surface area contributed by atoms with Crippen LogP contribution < -0.4 is 15.2 Å². The van der Waals surface area contributed by atoms with Crippen molar-refractivity contribution in [1.29, 1.82) is 0 Å². The Morgan fingerprint density at radius 2 is 1.85 bits per heavy atom. The Morgan fingerprint density at radius 3 is 2.42 bits per heavy atom. The van der Waals surface area contributed by atoms with Gasteiger partial charge in [0, 0.05) is 11.1 Å². The van der Waals surface area contributed by atoms with Crippen molar-refractivity contribution in [1.82, 2.24) is 0 Å². The summed E-state index contributed by atoms with van der Waals surface area (Å²) >= 11 is 0. The zero-order chi connectivity index (χ0) is 19.3. The maximum atomic E-state index is 13.1. The van der Waals surface area contributed by atoms with Gasteiger partial charge in [-0.1, -0.05) is 12.1 Å². The zero-order valence-corrected chi connectivity index (χ0v) is 15.8. The number of methoxy groups -OCH3 is 2. The fourth-order valence-corrected chi connectivity index (χ4v) is 2.76. The number of ketones is 1. The number of rotatable bonds is 6. The second-order valence-electron chi connectivity index (χ2n) is 5.84. The molecule has 0 fully saturated rings. The van der Waals surface area contributed by atoms with Gasteiger partial charge in [-0.2, -0.15) is 0 Å². The van der Waals surface area contributed by atoms with Crippen molar-refractivity contribution >= 4 is 23.4 Å². The first-order chi connectivity index (χ1) is 12.5. The van der Waals surface area contributed by atoms with Crippen LogP contribution in [0, 0.1) is 6.92 Å². The molecule has 0 atom stereocenters. The summed E-state index contributed by atoms with van der Waals surface area (Å²) < 4.78 is 10.7. The fourth-order valence-electron chi connectivity index (χ4n) is 2.76. The Morgan fingerprint density at radius 1 is 1.12 bits per heavy atom. The molecule has 136 valence electrons. The van der Waals surface area contributed by atoms with Crippen molar-refractivity contribution in [2.45, 2.75) is 20.8 Å². The summed E-state index contributed by atoms with van der Waals surface area (Å²) in [6.45, 7) is 5.84. The highest BCUT2D eigenvalue weighted by atomic mass is 16.5. The molecule has 0 spiro atoms. The van der Waals surface area contributed by atoms with Gasteiger partial charge in [-0.05, 0) is 61.7 Å². The van der Waals surface area contributed by atoms with Crippen LogP contribution in [0.15, 0.2) is 41.4 Å². The van der Waals surface area contributed by atoms with Crippen LogP contribution in [0.1, 0.15) is 40.9 Å². The minimum atomic E-state index is -0.153. The van der Waals surface area contributed by atoms with E-state index in [1.165, 1.54) is 6.34 Å². The molecule has 5 heteroatoms. The lowest BCUT2D eigenvalue weighted by molar-refractivity contribution is 0.103. The van der Waals surface area contributed by atoms with Crippen molar-refractivity contribution < 1.29 is 14.3 Å². The largest absolute Gasteiger partial charge is 0.493 e. The molecule has 0 saturated heterocycles. The van der Waals surface area contributed by atoms with Crippen LogP contribution in [-0.2, 0) is 0 Å². The minimum Gasteiger partial charge on any atom is -0.493 e. The lowest BCUT2D eigenvalue weighted by atomic mass is 9.96. The minimum absolute atomic E-state index is 0.153. The van der Waals surface area contributed by atoms with E-state index in [1.807, 2.05) is 39.0 Å². The Hall–Kier alpha value is -3.08. The highest BCUT2D eigenvalue weighted by molar-refractivity contribution is 6.12. The molecular weight excluding hydrogens is 328 g/mol. The number of carbonyl (C=O) groups is 1. The predicted octanol–water partition coefficient (Wildman–Crippen LogP) is 4.28. The van der Waals surface area contributed by atoms with E-state index in [2.05, 4.69) is 4.99 Å². The van der Waals surface area contributed by atoms with E-state index in [1.54, 1.807) is 32.4 Å². The van der Waals surface area contributed by atoms with Gasteiger partial charge in [0.25, 0.3) is 0 Å². The number of allylic oxidation sites excluding steroid dienone is 2. The standard InChI is InChI=1S/C21H24N2O3/c1-6-13(2)15-7-8-17(18(10-15)23-12-22)20(24)16-9-14(3)21(26-5)19(11-16)25-4/h6-12H,1-5H3,(H2,22,23)/b13-6+. The molecule has 0 aliphatic heterocycles. The highest BCUT2D eigenvalue weighted by Gasteiger charge is 2.18. The van der Waals surface area contributed by atoms with Crippen LogP contribution in [0.4, 0.5) is 5.69 Å². The van der Waals surface area contributed by atoms with Gasteiger partial charge in [-0.3, -0.25) is 4.79 Å². The van der Waals surface area contributed by atoms with Crippen LogP contribution in [0.3, 0.4) is 0 Å². The third-order valence-corrected chi connectivity index (χ3v) is 4.27. The zero-order valence-electron chi connectivity index (χ0n) is 15.8. The Balaban J connectivity index is 2.58. The second kappa shape index (κ2) is 8.34. The number of benzene rings is 2. The molecule has 0 aliphatic carbocycles. The monoisotopic (exact) mass is 352 g/mol. The van der Waals surface area contributed by atoms with E-state index >= 15 is 0 Å². The summed E-state index contributed by atoms with van der Waals surface area (Å²) in [5.41, 5.74) is 9.90. The molecule has 0 aliphatic rings. The number of hydrogen-bond donors (Lipinski definition) is 1. The number of aryl methyl sites for hydroxylation is 1. The van der Waals surface area contributed by atoms with Crippen molar-refractivity contribution in [2.75, 3.05) is 14.2 Å². The molecule has 0 heterocycles.